The molecule has 0 unspecified atom stereocenters. The largest absolute Gasteiger partial charge is 0.375 e. The van der Waals surface area contributed by atoms with Gasteiger partial charge in [-0.25, -0.2) is 4.68 Å². The molecule has 3 heterocycles. The van der Waals surface area contributed by atoms with Crippen LogP contribution in [0.25, 0.3) is 5.69 Å². The number of hydrogen-bond donors (Lipinski definition) is 1. The Balaban J connectivity index is 1.29. The number of nitrogens with one attached hydrogen (secondary N) is 1. The molecule has 1 atom stereocenters. The Morgan fingerprint density at radius 3 is 2.42 bits per heavy atom. The van der Waals surface area contributed by atoms with Gasteiger partial charge in [0.2, 0.25) is 0 Å². The van der Waals surface area contributed by atoms with E-state index >= 15 is 0 Å². The van der Waals surface area contributed by atoms with E-state index in [0.717, 1.165) is 38.2 Å². The summed E-state index contributed by atoms with van der Waals surface area (Å²) in [4.78, 5) is 2.50. The lowest BCUT2D eigenvalue weighted by atomic mass is 9.92. The lowest BCUT2D eigenvalue weighted by Crippen LogP contribution is -2.50. The Hall–Kier alpha value is -1.85. The van der Waals surface area contributed by atoms with Crippen molar-refractivity contribution in [2.75, 3.05) is 24.6 Å². The molecule has 0 bridgehead atoms. The molecule has 5 nitrogen and oxygen atoms in total. The van der Waals surface area contributed by atoms with Crippen LogP contribution in [-0.2, 0) is 4.74 Å². The Labute approximate surface area is 156 Å². The molecule has 0 amide bonds. The van der Waals surface area contributed by atoms with Crippen molar-refractivity contribution < 1.29 is 4.74 Å². The fourth-order valence-electron chi connectivity index (χ4n) is 4.25. The molecule has 0 radical (unpaired) electrons. The van der Waals surface area contributed by atoms with E-state index in [2.05, 4.69) is 53.4 Å². The molecule has 0 saturated carbocycles. The van der Waals surface area contributed by atoms with Gasteiger partial charge in [-0.2, -0.15) is 5.10 Å². The number of nitrogens with zero attached hydrogens (tertiary/aromatic N) is 3. The highest BCUT2D eigenvalue weighted by Gasteiger charge is 2.30. The van der Waals surface area contributed by atoms with Gasteiger partial charge < -0.3 is 15.0 Å². The molecule has 2 fully saturated rings. The number of benzene rings is 1. The Kier molecular flexibility index (Phi) is 5.00. The Bertz CT molecular complexity index is 687. The topological polar surface area (TPSA) is 42.3 Å². The molecule has 2 saturated heterocycles. The van der Waals surface area contributed by atoms with Crippen LogP contribution in [-0.4, -0.2) is 47.2 Å². The summed E-state index contributed by atoms with van der Waals surface area (Å²) in [7, 11) is 0. The van der Waals surface area contributed by atoms with Crippen LogP contribution in [0, 0.1) is 0 Å². The average Bonchev–Trinajstić information content (AvgIpc) is 3.16. The summed E-state index contributed by atoms with van der Waals surface area (Å²) >= 11 is 0. The molecule has 4 rings (SSSR count). The van der Waals surface area contributed by atoms with Crippen LogP contribution >= 0.6 is 0 Å². The van der Waals surface area contributed by atoms with Gasteiger partial charge in [-0.3, -0.25) is 0 Å². The van der Waals surface area contributed by atoms with E-state index in [4.69, 9.17) is 4.74 Å². The molecule has 1 aromatic heterocycles. The number of piperidine rings is 1. The van der Waals surface area contributed by atoms with Gasteiger partial charge in [-0.05, 0) is 69.9 Å². The van der Waals surface area contributed by atoms with Crippen molar-refractivity contribution >= 4 is 5.69 Å². The van der Waals surface area contributed by atoms with E-state index in [-0.39, 0.29) is 5.60 Å². The lowest BCUT2D eigenvalue weighted by Gasteiger charge is -2.40. The third kappa shape index (κ3) is 4.10. The van der Waals surface area contributed by atoms with Crippen molar-refractivity contribution in [2.24, 2.45) is 0 Å². The van der Waals surface area contributed by atoms with Gasteiger partial charge in [0, 0.05) is 49.9 Å². The number of ether oxygens (including phenoxy) is 1. The maximum atomic E-state index is 5.84. The normalized spacial score (nSPS) is 23.9. The summed E-state index contributed by atoms with van der Waals surface area (Å²) in [6.07, 6.45) is 8.45. The maximum absolute atomic E-state index is 5.84. The SMILES string of the molecule is CC1(C)C[C@H](NC2CCN(c3ccc(-n4cccn4)cc3)CC2)CCO1. The number of rotatable bonds is 4. The molecule has 26 heavy (non-hydrogen) atoms. The third-order valence-corrected chi connectivity index (χ3v) is 5.65. The van der Waals surface area contributed by atoms with Crippen LogP contribution in [0.4, 0.5) is 5.69 Å². The van der Waals surface area contributed by atoms with Gasteiger partial charge in [0.25, 0.3) is 0 Å². The molecule has 0 aliphatic carbocycles. The molecular weight excluding hydrogens is 324 g/mol. The maximum Gasteiger partial charge on any atom is 0.0647 e. The second-order valence-corrected chi connectivity index (χ2v) is 8.19. The molecule has 140 valence electrons. The van der Waals surface area contributed by atoms with Crippen molar-refractivity contribution in [2.45, 2.75) is 57.2 Å². The molecule has 2 aliphatic heterocycles. The summed E-state index contributed by atoms with van der Waals surface area (Å²) < 4.78 is 7.74. The monoisotopic (exact) mass is 354 g/mol. The first-order valence-electron chi connectivity index (χ1n) is 9.84. The first-order valence-corrected chi connectivity index (χ1v) is 9.84. The quantitative estimate of drug-likeness (QED) is 0.914. The van der Waals surface area contributed by atoms with Crippen LogP contribution in [0.5, 0.6) is 0 Å². The zero-order valence-electron chi connectivity index (χ0n) is 15.9. The van der Waals surface area contributed by atoms with Crippen LogP contribution < -0.4 is 10.2 Å². The predicted octanol–water partition coefficient (Wildman–Crippen LogP) is 3.39. The summed E-state index contributed by atoms with van der Waals surface area (Å²) in [5, 5.41) is 8.18. The van der Waals surface area contributed by atoms with Crippen molar-refractivity contribution in [1.82, 2.24) is 15.1 Å². The Morgan fingerprint density at radius 1 is 1.04 bits per heavy atom. The molecule has 2 aromatic rings. The van der Waals surface area contributed by atoms with Crippen LogP contribution in [0.1, 0.15) is 39.5 Å². The molecule has 1 N–H and O–H groups in total. The molecule has 0 spiro atoms. The van der Waals surface area contributed by atoms with Crippen LogP contribution in [0.2, 0.25) is 0 Å². The van der Waals surface area contributed by atoms with E-state index in [1.54, 1.807) is 0 Å². The number of hydrogen-bond acceptors (Lipinski definition) is 4. The molecular formula is C21H30N4O. The average molecular weight is 354 g/mol. The van der Waals surface area contributed by atoms with Crippen LogP contribution in [0.15, 0.2) is 42.7 Å². The van der Waals surface area contributed by atoms with E-state index in [9.17, 15) is 0 Å². The lowest BCUT2D eigenvalue weighted by molar-refractivity contribution is -0.0644. The molecule has 1 aromatic carbocycles. The van der Waals surface area contributed by atoms with Crippen molar-refractivity contribution in [3.8, 4) is 5.69 Å². The van der Waals surface area contributed by atoms with Gasteiger partial charge in [0.05, 0.1) is 11.3 Å². The summed E-state index contributed by atoms with van der Waals surface area (Å²) in [6.45, 7) is 7.52. The van der Waals surface area contributed by atoms with Crippen molar-refractivity contribution in [3.63, 3.8) is 0 Å². The van der Waals surface area contributed by atoms with Gasteiger partial charge in [0.15, 0.2) is 0 Å². The molecule has 5 heteroatoms. The minimum absolute atomic E-state index is 0.0208. The minimum Gasteiger partial charge on any atom is -0.375 e. The van der Waals surface area contributed by atoms with E-state index < -0.39 is 0 Å². The van der Waals surface area contributed by atoms with Crippen molar-refractivity contribution in [1.29, 1.82) is 0 Å². The van der Waals surface area contributed by atoms with E-state index in [0.29, 0.717) is 12.1 Å². The summed E-state index contributed by atoms with van der Waals surface area (Å²) in [5.41, 5.74) is 2.44. The Morgan fingerprint density at radius 2 is 1.77 bits per heavy atom. The summed E-state index contributed by atoms with van der Waals surface area (Å²) in [6, 6.07) is 11.9. The zero-order chi connectivity index (χ0) is 18.0. The highest BCUT2D eigenvalue weighted by atomic mass is 16.5. The summed E-state index contributed by atoms with van der Waals surface area (Å²) in [5.74, 6) is 0. The van der Waals surface area contributed by atoms with E-state index in [1.807, 2.05) is 23.1 Å². The fraction of sp³-hybridized carbons (Fsp3) is 0.571. The minimum atomic E-state index is 0.0208. The van der Waals surface area contributed by atoms with Crippen LogP contribution in [0.3, 0.4) is 0 Å². The van der Waals surface area contributed by atoms with Gasteiger partial charge >= 0.3 is 0 Å². The van der Waals surface area contributed by atoms with Crippen molar-refractivity contribution in [3.05, 3.63) is 42.7 Å². The van der Waals surface area contributed by atoms with Gasteiger partial charge in [-0.15, -0.1) is 0 Å². The second kappa shape index (κ2) is 7.41. The zero-order valence-corrected chi connectivity index (χ0v) is 15.9. The van der Waals surface area contributed by atoms with E-state index in [1.165, 1.54) is 18.5 Å². The highest BCUT2D eigenvalue weighted by Crippen LogP contribution is 2.26. The standard InChI is InChI=1S/C21H30N4O/c1-21(2)16-18(10-15-26-21)23-17-8-13-24(14-9-17)19-4-6-20(7-5-19)25-12-3-11-22-25/h3-7,11-12,17-18,23H,8-10,13-16H2,1-2H3/t18-/m1/s1. The number of anilines is 1. The first-order chi connectivity index (χ1) is 12.6. The first kappa shape index (κ1) is 17.6. The van der Waals surface area contributed by atoms with Gasteiger partial charge in [0.1, 0.15) is 0 Å². The second-order valence-electron chi connectivity index (χ2n) is 8.19. The fourth-order valence-corrected chi connectivity index (χ4v) is 4.25. The predicted molar refractivity (Wildman–Crippen MR) is 105 cm³/mol. The number of aromatic nitrogens is 2. The van der Waals surface area contributed by atoms with Gasteiger partial charge in [-0.1, -0.05) is 0 Å². The smallest absolute Gasteiger partial charge is 0.0647 e. The highest BCUT2D eigenvalue weighted by molar-refractivity contribution is 5.51. The third-order valence-electron chi connectivity index (χ3n) is 5.65. The molecule has 2 aliphatic rings.